The summed E-state index contributed by atoms with van der Waals surface area (Å²) in [5.41, 5.74) is 16.8. The Morgan fingerprint density at radius 1 is 0.196 bits per heavy atom. The first-order chi connectivity index (χ1) is 27.8. The SMILES string of the molecule is c1ccc(-c2cccc(-c3cccc(-n4c5ccccc5c5cc(-c6ccc7c8ccccc8n(-c8cccc(-c9ccccc9)c8)c7c6)ccc54)c3)c2)cc1. The Bertz CT molecular complexity index is 3240. The van der Waals surface area contributed by atoms with Crippen molar-refractivity contribution in [3.8, 4) is 55.9 Å². The maximum atomic E-state index is 2.42. The molecule has 2 heteroatoms. The first-order valence-electron chi connectivity index (χ1n) is 19.3. The Balaban J connectivity index is 1.04. The highest BCUT2D eigenvalue weighted by molar-refractivity contribution is 6.12. The molecule has 0 N–H and O–H groups in total. The second-order valence-electron chi connectivity index (χ2n) is 14.6. The smallest absolute Gasteiger partial charge is 0.0547 e. The first kappa shape index (κ1) is 32.0. The van der Waals surface area contributed by atoms with Crippen molar-refractivity contribution >= 4 is 43.6 Å². The van der Waals surface area contributed by atoms with Gasteiger partial charge >= 0.3 is 0 Å². The monoisotopic (exact) mass is 712 g/mol. The molecule has 0 fully saturated rings. The number of aromatic nitrogens is 2. The number of hydrogen-bond acceptors (Lipinski definition) is 0. The third kappa shape index (κ3) is 5.34. The summed E-state index contributed by atoms with van der Waals surface area (Å²) < 4.78 is 4.84. The van der Waals surface area contributed by atoms with E-state index >= 15 is 0 Å². The summed E-state index contributed by atoms with van der Waals surface area (Å²) in [5.74, 6) is 0. The van der Waals surface area contributed by atoms with Crippen molar-refractivity contribution in [3.05, 3.63) is 218 Å². The molecule has 0 unspecified atom stereocenters. The minimum atomic E-state index is 1.15. The zero-order valence-corrected chi connectivity index (χ0v) is 30.7. The van der Waals surface area contributed by atoms with Gasteiger partial charge < -0.3 is 9.13 Å². The van der Waals surface area contributed by atoms with Crippen LogP contribution in [-0.4, -0.2) is 9.13 Å². The van der Waals surface area contributed by atoms with Gasteiger partial charge in [0.05, 0.1) is 22.1 Å². The van der Waals surface area contributed by atoms with E-state index in [2.05, 4.69) is 228 Å². The van der Waals surface area contributed by atoms with E-state index in [-0.39, 0.29) is 0 Å². The highest BCUT2D eigenvalue weighted by Crippen LogP contribution is 2.39. The van der Waals surface area contributed by atoms with Gasteiger partial charge in [-0.3, -0.25) is 0 Å². The van der Waals surface area contributed by atoms with Crippen molar-refractivity contribution in [2.75, 3.05) is 0 Å². The molecule has 56 heavy (non-hydrogen) atoms. The minimum absolute atomic E-state index is 1.15. The fourth-order valence-corrected chi connectivity index (χ4v) is 8.65. The molecule has 0 saturated heterocycles. The van der Waals surface area contributed by atoms with E-state index < -0.39 is 0 Å². The van der Waals surface area contributed by atoms with Crippen LogP contribution in [0.1, 0.15) is 0 Å². The summed E-state index contributed by atoms with van der Waals surface area (Å²) in [5, 5.41) is 4.99. The molecule has 11 rings (SSSR count). The Morgan fingerprint density at radius 3 is 1.23 bits per heavy atom. The summed E-state index contributed by atoms with van der Waals surface area (Å²) >= 11 is 0. The molecule has 11 aromatic rings. The third-order valence-electron chi connectivity index (χ3n) is 11.3. The third-order valence-corrected chi connectivity index (χ3v) is 11.3. The van der Waals surface area contributed by atoms with Crippen molar-refractivity contribution < 1.29 is 0 Å². The van der Waals surface area contributed by atoms with E-state index in [1.54, 1.807) is 0 Å². The van der Waals surface area contributed by atoms with Gasteiger partial charge in [0, 0.05) is 32.9 Å². The van der Waals surface area contributed by atoms with Gasteiger partial charge in [0.25, 0.3) is 0 Å². The van der Waals surface area contributed by atoms with Crippen LogP contribution >= 0.6 is 0 Å². The molecular weight excluding hydrogens is 677 g/mol. The Kier molecular flexibility index (Phi) is 7.53. The van der Waals surface area contributed by atoms with Gasteiger partial charge in [0.15, 0.2) is 0 Å². The largest absolute Gasteiger partial charge is 0.309 e. The molecular formula is C54H36N2. The summed E-state index contributed by atoms with van der Waals surface area (Å²) in [4.78, 5) is 0. The zero-order chi connectivity index (χ0) is 37.0. The highest BCUT2D eigenvalue weighted by atomic mass is 15.0. The molecule has 0 saturated carbocycles. The van der Waals surface area contributed by atoms with E-state index in [1.165, 1.54) is 88.1 Å². The summed E-state index contributed by atoms with van der Waals surface area (Å²) in [6, 6.07) is 79.4. The van der Waals surface area contributed by atoms with Gasteiger partial charge in [-0.2, -0.15) is 0 Å². The van der Waals surface area contributed by atoms with Crippen molar-refractivity contribution in [2.45, 2.75) is 0 Å². The number of rotatable bonds is 6. The van der Waals surface area contributed by atoms with Crippen molar-refractivity contribution in [3.63, 3.8) is 0 Å². The van der Waals surface area contributed by atoms with Crippen molar-refractivity contribution in [1.82, 2.24) is 9.13 Å². The maximum Gasteiger partial charge on any atom is 0.0547 e. The molecule has 2 nitrogen and oxygen atoms in total. The summed E-state index contributed by atoms with van der Waals surface area (Å²) in [7, 11) is 0. The van der Waals surface area contributed by atoms with E-state index in [0.717, 1.165) is 11.4 Å². The molecule has 0 radical (unpaired) electrons. The van der Waals surface area contributed by atoms with Gasteiger partial charge in [0.1, 0.15) is 0 Å². The Morgan fingerprint density at radius 2 is 0.589 bits per heavy atom. The van der Waals surface area contributed by atoms with Gasteiger partial charge in [-0.25, -0.2) is 0 Å². The number of hydrogen-bond donors (Lipinski definition) is 0. The lowest BCUT2D eigenvalue weighted by Crippen LogP contribution is -1.95. The molecule has 9 aromatic carbocycles. The van der Waals surface area contributed by atoms with E-state index in [0.29, 0.717) is 0 Å². The number of nitrogens with zero attached hydrogens (tertiary/aromatic N) is 2. The van der Waals surface area contributed by atoms with Crippen LogP contribution in [0.4, 0.5) is 0 Å². The second-order valence-corrected chi connectivity index (χ2v) is 14.6. The second kappa shape index (κ2) is 13.2. The lowest BCUT2D eigenvalue weighted by molar-refractivity contribution is 1.18. The molecule has 0 aliphatic carbocycles. The summed E-state index contributed by atoms with van der Waals surface area (Å²) in [6.45, 7) is 0. The first-order valence-corrected chi connectivity index (χ1v) is 19.3. The van der Waals surface area contributed by atoms with E-state index in [1.807, 2.05) is 0 Å². The normalized spacial score (nSPS) is 11.6. The Hall–Kier alpha value is -7.42. The molecule has 0 spiro atoms. The van der Waals surface area contributed by atoms with Crippen molar-refractivity contribution in [1.29, 1.82) is 0 Å². The van der Waals surface area contributed by atoms with E-state index in [4.69, 9.17) is 0 Å². The molecule has 0 bridgehead atoms. The van der Waals surface area contributed by atoms with Crippen LogP contribution < -0.4 is 0 Å². The molecule has 0 amide bonds. The average molecular weight is 713 g/mol. The fourth-order valence-electron chi connectivity index (χ4n) is 8.65. The van der Waals surface area contributed by atoms with Crippen LogP contribution in [0.5, 0.6) is 0 Å². The number of para-hydroxylation sites is 2. The van der Waals surface area contributed by atoms with Crippen LogP contribution in [0, 0.1) is 0 Å². The van der Waals surface area contributed by atoms with Gasteiger partial charge in [-0.1, -0.05) is 158 Å². The quantitative estimate of drug-likeness (QED) is 0.162. The fraction of sp³-hybridized carbons (Fsp3) is 0. The Labute approximate surface area is 325 Å². The van der Waals surface area contributed by atoms with Crippen LogP contribution in [0.25, 0.3) is 99.5 Å². The highest BCUT2D eigenvalue weighted by Gasteiger charge is 2.17. The van der Waals surface area contributed by atoms with Gasteiger partial charge in [-0.05, 0) is 105 Å². The zero-order valence-electron chi connectivity index (χ0n) is 30.7. The molecule has 262 valence electrons. The molecule has 0 aliphatic rings. The lowest BCUT2D eigenvalue weighted by atomic mass is 9.99. The predicted octanol–water partition coefficient (Wildman–Crippen LogP) is 14.5. The van der Waals surface area contributed by atoms with Gasteiger partial charge in [0.2, 0.25) is 0 Å². The number of fused-ring (bicyclic) bond motifs is 6. The number of benzene rings is 9. The molecule has 2 aromatic heterocycles. The molecule has 2 heterocycles. The lowest BCUT2D eigenvalue weighted by Gasteiger charge is -2.12. The van der Waals surface area contributed by atoms with Crippen LogP contribution in [0.15, 0.2) is 218 Å². The van der Waals surface area contributed by atoms with Gasteiger partial charge in [-0.15, -0.1) is 0 Å². The maximum absolute atomic E-state index is 2.42. The molecule has 0 aliphatic heterocycles. The van der Waals surface area contributed by atoms with E-state index in [9.17, 15) is 0 Å². The van der Waals surface area contributed by atoms with Crippen LogP contribution in [0.2, 0.25) is 0 Å². The minimum Gasteiger partial charge on any atom is -0.309 e. The topological polar surface area (TPSA) is 9.86 Å². The van der Waals surface area contributed by atoms with Crippen LogP contribution in [0.3, 0.4) is 0 Å². The standard InChI is InChI=1S/C54H36N2/c1-3-14-37(15-4-1)39-18-11-19-40(32-39)42-21-13-22-45(34-42)55-52-27-10-8-25-48(52)50-35-43(29-31-53(50)55)44-28-30-49-47-24-7-9-26-51(47)56(54(49)36-44)46-23-12-20-41(33-46)38-16-5-2-6-17-38/h1-36H. The predicted molar refractivity (Wildman–Crippen MR) is 237 cm³/mol. The van der Waals surface area contributed by atoms with Crippen molar-refractivity contribution in [2.24, 2.45) is 0 Å². The average Bonchev–Trinajstić information content (AvgIpc) is 3.79. The summed E-state index contributed by atoms with van der Waals surface area (Å²) in [6.07, 6.45) is 0. The molecule has 0 atom stereocenters. The van der Waals surface area contributed by atoms with Crippen LogP contribution in [-0.2, 0) is 0 Å².